The SMILES string of the molecule is CCOC(C)=O.COc1ccc(-c2ccccc2)cc1. The Morgan fingerprint density at radius 1 is 0.950 bits per heavy atom. The lowest BCUT2D eigenvalue weighted by Crippen LogP contribution is -1.95. The Bertz CT molecular complexity index is 504. The van der Waals surface area contributed by atoms with Crippen LogP contribution < -0.4 is 4.74 Å². The molecule has 0 spiro atoms. The summed E-state index contributed by atoms with van der Waals surface area (Å²) < 4.78 is 9.51. The van der Waals surface area contributed by atoms with Crippen LogP contribution in [-0.2, 0) is 9.53 Å². The molecule has 0 bridgehead atoms. The Labute approximate surface area is 120 Å². The summed E-state index contributed by atoms with van der Waals surface area (Å²) in [6.07, 6.45) is 0. The smallest absolute Gasteiger partial charge is 0.302 e. The maximum Gasteiger partial charge on any atom is 0.302 e. The first-order chi connectivity index (χ1) is 9.67. The van der Waals surface area contributed by atoms with Crippen LogP contribution in [0.5, 0.6) is 5.75 Å². The van der Waals surface area contributed by atoms with Crippen LogP contribution in [0.2, 0.25) is 0 Å². The van der Waals surface area contributed by atoms with Gasteiger partial charge in [-0.3, -0.25) is 4.79 Å². The minimum Gasteiger partial charge on any atom is -0.497 e. The summed E-state index contributed by atoms with van der Waals surface area (Å²) in [5, 5.41) is 0. The topological polar surface area (TPSA) is 35.5 Å². The predicted molar refractivity (Wildman–Crippen MR) is 80.7 cm³/mol. The van der Waals surface area contributed by atoms with Gasteiger partial charge in [-0.05, 0) is 30.2 Å². The molecule has 0 atom stereocenters. The number of carbonyl (C=O) groups is 1. The Morgan fingerprint density at radius 2 is 1.50 bits per heavy atom. The van der Waals surface area contributed by atoms with Crippen LogP contribution in [0.4, 0.5) is 0 Å². The van der Waals surface area contributed by atoms with E-state index in [0.29, 0.717) is 6.61 Å². The van der Waals surface area contributed by atoms with Crippen molar-refractivity contribution in [3.05, 3.63) is 54.6 Å². The molecule has 0 aliphatic carbocycles. The van der Waals surface area contributed by atoms with Crippen LogP contribution in [0.15, 0.2) is 54.6 Å². The quantitative estimate of drug-likeness (QED) is 0.794. The van der Waals surface area contributed by atoms with Crippen molar-refractivity contribution in [3.8, 4) is 16.9 Å². The van der Waals surface area contributed by atoms with Gasteiger partial charge in [-0.25, -0.2) is 0 Å². The van der Waals surface area contributed by atoms with E-state index in [2.05, 4.69) is 29.0 Å². The summed E-state index contributed by atoms with van der Waals surface area (Å²) in [6.45, 7) is 3.65. The summed E-state index contributed by atoms with van der Waals surface area (Å²) >= 11 is 0. The first-order valence-corrected chi connectivity index (χ1v) is 6.50. The minimum atomic E-state index is -0.211. The Morgan fingerprint density at radius 3 is 1.90 bits per heavy atom. The molecule has 0 heterocycles. The zero-order valence-electron chi connectivity index (χ0n) is 12.1. The van der Waals surface area contributed by atoms with Gasteiger partial charge in [-0.1, -0.05) is 42.5 Å². The highest BCUT2D eigenvalue weighted by Gasteiger charge is 1.95. The monoisotopic (exact) mass is 272 g/mol. The Kier molecular flexibility index (Phi) is 6.90. The van der Waals surface area contributed by atoms with Gasteiger partial charge in [0.05, 0.1) is 13.7 Å². The van der Waals surface area contributed by atoms with Gasteiger partial charge in [0.15, 0.2) is 0 Å². The van der Waals surface area contributed by atoms with Crippen LogP contribution >= 0.6 is 0 Å². The van der Waals surface area contributed by atoms with Crippen molar-refractivity contribution < 1.29 is 14.3 Å². The molecule has 3 heteroatoms. The number of methoxy groups -OCH3 is 1. The fraction of sp³-hybridized carbons (Fsp3) is 0.235. The van der Waals surface area contributed by atoms with E-state index in [1.165, 1.54) is 18.1 Å². The third-order valence-corrected chi connectivity index (χ3v) is 2.54. The van der Waals surface area contributed by atoms with Gasteiger partial charge in [-0.15, -0.1) is 0 Å². The summed E-state index contributed by atoms with van der Waals surface area (Å²) in [5.74, 6) is 0.683. The van der Waals surface area contributed by atoms with Crippen molar-refractivity contribution in [1.29, 1.82) is 0 Å². The Balaban J connectivity index is 0.000000286. The van der Waals surface area contributed by atoms with Crippen molar-refractivity contribution in [2.45, 2.75) is 13.8 Å². The minimum absolute atomic E-state index is 0.211. The van der Waals surface area contributed by atoms with Crippen molar-refractivity contribution >= 4 is 5.97 Å². The molecule has 3 nitrogen and oxygen atoms in total. The van der Waals surface area contributed by atoms with E-state index >= 15 is 0 Å². The van der Waals surface area contributed by atoms with Crippen LogP contribution in [0.3, 0.4) is 0 Å². The van der Waals surface area contributed by atoms with Crippen molar-refractivity contribution in [3.63, 3.8) is 0 Å². The van der Waals surface area contributed by atoms with Crippen molar-refractivity contribution in [2.75, 3.05) is 13.7 Å². The molecule has 0 aliphatic heterocycles. The highest BCUT2D eigenvalue weighted by molar-refractivity contribution is 5.65. The summed E-state index contributed by atoms with van der Waals surface area (Å²) in [4.78, 5) is 9.82. The van der Waals surface area contributed by atoms with Crippen molar-refractivity contribution in [2.24, 2.45) is 0 Å². The van der Waals surface area contributed by atoms with Crippen LogP contribution in [0, 0.1) is 0 Å². The molecule has 2 rings (SSSR count). The third-order valence-electron chi connectivity index (χ3n) is 2.54. The first-order valence-electron chi connectivity index (χ1n) is 6.50. The lowest BCUT2D eigenvalue weighted by molar-refractivity contribution is -0.140. The molecule has 0 saturated heterocycles. The molecule has 0 N–H and O–H groups in total. The van der Waals surface area contributed by atoms with Gasteiger partial charge in [0.2, 0.25) is 0 Å². The van der Waals surface area contributed by atoms with Gasteiger partial charge >= 0.3 is 5.97 Å². The van der Waals surface area contributed by atoms with E-state index in [-0.39, 0.29) is 5.97 Å². The van der Waals surface area contributed by atoms with E-state index in [1.54, 1.807) is 14.0 Å². The summed E-state index contributed by atoms with van der Waals surface area (Å²) in [6, 6.07) is 18.4. The number of hydrogen-bond acceptors (Lipinski definition) is 3. The summed E-state index contributed by atoms with van der Waals surface area (Å²) in [7, 11) is 1.68. The highest BCUT2D eigenvalue weighted by Crippen LogP contribution is 2.21. The molecule has 20 heavy (non-hydrogen) atoms. The molecule has 0 unspecified atom stereocenters. The van der Waals surface area contributed by atoms with E-state index in [0.717, 1.165) is 5.75 Å². The second-order valence-corrected chi connectivity index (χ2v) is 4.02. The molecule has 0 aliphatic rings. The number of carbonyl (C=O) groups excluding carboxylic acids is 1. The second-order valence-electron chi connectivity index (χ2n) is 4.02. The molecule has 0 aromatic heterocycles. The molecule has 0 saturated carbocycles. The standard InChI is InChI=1S/C13H12O.C4H8O2/c1-14-13-9-7-12(8-10-13)11-5-3-2-4-6-11;1-3-6-4(2)5/h2-10H,1H3;3H2,1-2H3. The molecule has 2 aromatic carbocycles. The molecule has 2 aromatic rings. The fourth-order valence-electron chi connectivity index (χ4n) is 1.62. The number of esters is 1. The van der Waals surface area contributed by atoms with E-state index in [9.17, 15) is 4.79 Å². The molecule has 0 fully saturated rings. The lowest BCUT2D eigenvalue weighted by atomic mass is 10.1. The van der Waals surface area contributed by atoms with Gasteiger partial charge in [0.25, 0.3) is 0 Å². The van der Waals surface area contributed by atoms with E-state index in [4.69, 9.17) is 4.74 Å². The molecular formula is C17H20O3. The number of hydrogen-bond donors (Lipinski definition) is 0. The van der Waals surface area contributed by atoms with Gasteiger partial charge in [0.1, 0.15) is 5.75 Å². The largest absolute Gasteiger partial charge is 0.497 e. The van der Waals surface area contributed by atoms with Crippen LogP contribution in [0.1, 0.15) is 13.8 Å². The number of rotatable bonds is 3. The van der Waals surface area contributed by atoms with Crippen LogP contribution in [-0.4, -0.2) is 19.7 Å². The second kappa shape index (κ2) is 8.75. The Hall–Kier alpha value is -2.29. The van der Waals surface area contributed by atoms with Gasteiger partial charge in [-0.2, -0.15) is 0 Å². The highest BCUT2D eigenvalue weighted by atomic mass is 16.5. The van der Waals surface area contributed by atoms with E-state index in [1.807, 2.05) is 30.3 Å². The summed E-state index contributed by atoms with van der Waals surface area (Å²) in [5.41, 5.74) is 2.45. The van der Waals surface area contributed by atoms with Crippen LogP contribution in [0.25, 0.3) is 11.1 Å². The fourth-order valence-corrected chi connectivity index (χ4v) is 1.62. The van der Waals surface area contributed by atoms with E-state index < -0.39 is 0 Å². The third kappa shape index (κ3) is 5.57. The zero-order valence-corrected chi connectivity index (χ0v) is 12.1. The number of ether oxygens (including phenoxy) is 2. The molecular weight excluding hydrogens is 252 g/mol. The number of benzene rings is 2. The zero-order chi connectivity index (χ0) is 14.8. The maximum absolute atomic E-state index is 9.82. The normalized spacial score (nSPS) is 9.15. The molecule has 0 amide bonds. The van der Waals surface area contributed by atoms with Crippen molar-refractivity contribution in [1.82, 2.24) is 0 Å². The molecule has 0 radical (unpaired) electrons. The average molecular weight is 272 g/mol. The lowest BCUT2D eigenvalue weighted by Gasteiger charge is -2.02. The first kappa shape index (κ1) is 15.8. The average Bonchev–Trinajstić information content (AvgIpc) is 2.49. The predicted octanol–water partition coefficient (Wildman–Crippen LogP) is 3.93. The van der Waals surface area contributed by atoms with Gasteiger partial charge < -0.3 is 9.47 Å². The molecule has 106 valence electrons. The maximum atomic E-state index is 9.82. The van der Waals surface area contributed by atoms with Gasteiger partial charge in [0, 0.05) is 6.92 Å².